The van der Waals surface area contributed by atoms with Gasteiger partial charge in [0.05, 0.1) is 6.61 Å². The van der Waals surface area contributed by atoms with Crippen LogP contribution in [0, 0.1) is 0 Å². The maximum atomic E-state index is 10.9. The first kappa shape index (κ1) is 19.5. The van der Waals surface area contributed by atoms with Gasteiger partial charge in [0.25, 0.3) is 0 Å². The summed E-state index contributed by atoms with van der Waals surface area (Å²) in [7, 11) is -1.85. The van der Waals surface area contributed by atoms with Crippen molar-refractivity contribution in [1.82, 2.24) is 0 Å². The molecule has 0 radical (unpaired) electrons. The highest BCUT2D eigenvalue weighted by atomic mass is 28.4. The van der Waals surface area contributed by atoms with Crippen molar-refractivity contribution in [1.29, 1.82) is 0 Å². The minimum atomic E-state index is -1.85. The molecule has 0 aliphatic rings. The van der Waals surface area contributed by atoms with Crippen molar-refractivity contribution in [2.45, 2.75) is 52.4 Å². The SMILES string of the molecule is C=Cc1ccc(OCOC(C)=O)c(CO[Si](C)(C)C(C)(C)C)c1. The first-order chi connectivity index (χ1) is 10.6. The molecule has 0 aliphatic carbocycles. The predicted molar refractivity (Wildman–Crippen MR) is 95.8 cm³/mol. The number of rotatable bonds is 7. The number of benzene rings is 1. The Kier molecular flexibility index (Phi) is 6.59. The van der Waals surface area contributed by atoms with Crippen LogP contribution in [0.4, 0.5) is 0 Å². The molecule has 0 heterocycles. The van der Waals surface area contributed by atoms with Crippen LogP contribution >= 0.6 is 0 Å². The van der Waals surface area contributed by atoms with Crippen LogP contribution in [0.5, 0.6) is 5.75 Å². The van der Waals surface area contributed by atoms with Gasteiger partial charge in [0, 0.05) is 12.5 Å². The van der Waals surface area contributed by atoms with Gasteiger partial charge in [0.1, 0.15) is 5.75 Å². The molecule has 0 aromatic heterocycles. The molecule has 0 amide bonds. The van der Waals surface area contributed by atoms with Crippen LogP contribution in [-0.2, 0) is 20.6 Å². The third-order valence-electron chi connectivity index (χ3n) is 4.19. The molecule has 0 bridgehead atoms. The zero-order chi connectivity index (χ0) is 17.7. The molecule has 0 aliphatic heterocycles. The Labute approximate surface area is 140 Å². The number of carbonyl (C=O) groups excluding carboxylic acids is 1. The lowest BCUT2D eigenvalue weighted by atomic mass is 10.1. The molecule has 0 atom stereocenters. The highest BCUT2D eigenvalue weighted by Gasteiger charge is 2.37. The van der Waals surface area contributed by atoms with E-state index in [9.17, 15) is 4.79 Å². The first-order valence-electron chi connectivity index (χ1n) is 7.72. The van der Waals surface area contributed by atoms with Crippen molar-refractivity contribution in [2.75, 3.05) is 6.79 Å². The van der Waals surface area contributed by atoms with Gasteiger partial charge in [0.2, 0.25) is 6.79 Å². The molecule has 1 rings (SSSR count). The van der Waals surface area contributed by atoms with Crippen LogP contribution in [0.25, 0.3) is 6.08 Å². The third kappa shape index (κ3) is 5.84. The van der Waals surface area contributed by atoms with E-state index in [1.807, 2.05) is 18.2 Å². The lowest BCUT2D eigenvalue weighted by Gasteiger charge is -2.36. The van der Waals surface area contributed by atoms with E-state index in [2.05, 4.69) is 40.4 Å². The minimum Gasteiger partial charge on any atom is -0.457 e. The summed E-state index contributed by atoms with van der Waals surface area (Å²) in [6, 6.07) is 5.75. The van der Waals surface area contributed by atoms with E-state index >= 15 is 0 Å². The zero-order valence-electron chi connectivity index (χ0n) is 15.1. The van der Waals surface area contributed by atoms with Gasteiger partial charge in [0.15, 0.2) is 8.32 Å². The molecule has 0 saturated carbocycles. The fraction of sp³-hybridized carbons (Fsp3) is 0.500. The molecule has 0 saturated heterocycles. The van der Waals surface area contributed by atoms with E-state index in [1.54, 1.807) is 6.08 Å². The van der Waals surface area contributed by atoms with Crippen LogP contribution in [0.2, 0.25) is 18.1 Å². The maximum absolute atomic E-state index is 10.9. The van der Waals surface area contributed by atoms with Crippen LogP contribution in [0.15, 0.2) is 24.8 Å². The molecule has 128 valence electrons. The Morgan fingerprint density at radius 1 is 1.30 bits per heavy atom. The predicted octanol–water partition coefficient (Wildman–Crippen LogP) is 4.75. The summed E-state index contributed by atoms with van der Waals surface area (Å²) in [6.45, 7) is 16.6. The Hall–Kier alpha value is -1.59. The Morgan fingerprint density at radius 3 is 2.48 bits per heavy atom. The van der Waals surface area contributed by atoms with Gasteiger partial charge in [-0.2, -0.15) is 0 Å². The molecule has 1 aromatic carbocycles. The van der Waals surface area contributed by atoms with Crippen molar-refractivity contribution in [3.63, 3.8) is 0 Å². The van der Waals surface area contributed by atoms with Gasteiger partial charge >= 0.3 is 5.97 Å². The number of ether oxygens (including phenoxy) is 2. The van der Waals surface area contributed by atoms with E-state index in [0.29, 0.717) is 12.4 Å². The second kappa shape index (κ2) is 7.79. The zero-order valence-corrected chi connectivity index (χ0v) is 16.1. The van der Waals surface area contributed by atoms with Gasteiger partial charge in [-0.05, 0) is 35.8 Å². The second-order valence-corrected chi connectivity index (χ2v) is 11.8. The van der Waals surface area contributed by atoms with E-state index in [4.69, 9.17) is 13.9 Å². The monoisotopic (exact) mass is 336 g/mol. The van der Waals surface area contributed by atoms with Crippen molar-refractivity contribution >= 4 is 20.4 Å². The average Bonchev–Trinajstić information content (AvgIpc) is 2.44. The number of hydrogen-bond acceptors (Lipinski definition) is 4. The molecule has 0 fully saturated rings. The Morgan fingerprint density at radius 2 is 1.96 bits per heavy atom. The van der Waals surface area contributed by atoms with E-state index in [-0.39, 0.29) is 17.8 Å². The quantitative estimate of drug-likeness (QED) is 0.409. The summed E-state index contributed by atoms with van der Waals surface area (Å²) in [6.07, 6.45) is 1.78. The van der Waals surface area contributed by atoms with Gasteiger partial charge in [-0.25, -0.2) is 0 Å². The lowest BCUT2D eigenvalue weighted by Crippen LogP contribution is -2.40. The molecule has 0 N–H and O–H groups in total. The first-order valence-corrected chi connectivity index (χ1v) is 10.6. The molecule has 1 aromatic rings. The summed E-state index contributed by atoms with van der Waals surface area (Å²) in [5, 5.41) is 0.141. The molecular formula is C18H28O4Si. The molecule has 5 heteroatoms. The highest BCUT2D eigenvalue weighted by Crippen LogP contribution is 2.37. The van der Waals surface area contributed by atoms with Gasteiger partial charge in [-0.15, -0.1) is 0 Å². The van der Waals surface area contributed by atoms with Crippen molar-refractivity contribution in [2.24, 2.45) is 0 Å². The Balaban J connectivity index is 2.89. The fourth-order valence-corrected chi connectivity index (χ4v) is 2.58. The maximum Gasteiger partial charge on any atom is 0.305 e. The average molecular weight is 337 g/mol. The largest absolute Gasteiger partial charge is 0.457 e. The third-order valence-corrected chi connectivity index (χ3v) is 8.67. The van der Waals surface area contributed by atoms with Gasteiger partial charge < -0.3 is 13.9 Å². The second-order valence-electron chi connectivity index (χ2n) is 7.02. The van der Waals surface area contributed by atoms with E-state index in [1.165, 1.54) is 6.92 Å². The number of hydrogen-bond donors (Lipinski definition) is 0. The summed E-state index contributed by atoms with van der Waals surface area (Å²) in [5.74, 6) is 0.294. The lowest BCUT2D eigenvalue weighted by molar-refractivity contribution is -0.147. The van der Waals surface area contributed by atoms with Crippen LogP contribution in [0.3, 0.4) is 0 Å². The topological polar surface area (TPSA) is 44.8 Å². The number of carbonyl (C=O) groups is 1. The summed E-state index contributed by atoms with van der Waals surface area (Å²) in [5.41, 5.74) is 1.93. The molecule has 0 unspecified atom stereocenters. The Bertz CT molecular complexity index is 559. The normalized spacial score (nSPS) is 11.9. The summed E-state index contributed by atoms with van der Waals surface area (Å²) in [4.78, 5) is 10.9. The van der Waals surface area contributed by atoms with Crippen LogP contribution in [0.1, 0.15) is 38.8 Å². The van der Waals surface area contributed by atoms with Crippen molar-refractivity contribution < 1.29 is 18.7 Å². The summed E-state index contributed by atoms with van der Waals surface area (Å²) >= 11 is 0. The molecular weight excluding hydrogens is 308 g/mol. The molecule has 4 nitrogen and oxygen atoms in total. The van der Waals surface area contributed by atoms with Gasteiger partial charge in [-0.1, -0.05) is 39.5 Å². The van der Waals surface area contributed by atoms with Crippen molar-refractivity contribution in [3.8, 4) is 5.75 Å². The summed E-state index contributed by atoms with van der Waals surface area (Å²) < 4.78 is 16.7. The number of esters is 1. The molecule has 0 spiro atoms. The van der Waals surface area contributed by atoms with Crippen molar-refractivity contribution in [3.05, 3.63) is 35.9 Å². The standard InChI is InChI=1S/C18H28O4Si/c1-8-15-9-10-17(21-13-20-14(2)19)16(11-15)12-22-23(6,7)18(3,4)5/h8-11H,1,12-13H2,2-7H3. The molecule has 23 heavy (non-hydrogen) atoms. The van der Waals surface area contributed by atoms with Crippen LogP contribution in [-0.4, -0.2) is 21.1 Å². The van der Waals surface area contributed by atoms with Crippen LogP contribution < -0.4 is 4.74 Å². The van der Waals surface area contributed by atoms with E-state index in [0.717, 1.165) is 11.1 Å². The smallest absolute Gasteiger partial charge is 0.305 e. The van der Waals surface area contributed by atoms with Gasteiger partial charge in [-0.3, -0.25) is 4.79 Å². The van der Waals surface area contributed by atoms with E-state index < -0.39 is 8.32 Å². The minimum absolute atomic E-state index is 0.101. The highest BCUT2D eigenvalue weighted by molar-refractivity contribution is 6.74. The fourth-order valence-electron chi connectivity index (χ4n) is 1.63.